The fraction of sp³-hybridized carbons (Fsp3) is 0.385. The van der Waals surface area contributed by atoms with E-state index >= 15 is 0 Å². The molecule has 1 aromatic rings. The number of hydrogen-bond acceptors (Lipinski definition) is 3. The zero-order valence-corrected chi connectivity index (χ0v) is 14.1. The molecule has 0 fully saturated rings. The molecule has 0 aromatic heterocycles. The number of carboxylic acid groups (broad SMARTS) is 1. The Bertz CT molecular complexity index is 523. The summed E-state index contributed by atoms with van der Waals surface area (Å²) in [6.07, 6.45) is 0.676. The Hall–Kier alpha value is -1.25. The second-order valence-electron chi connectivity index (χ2n) is 4.40. The minimum Gasteiger partial charge on any atom is -0.480 e. The lowest BCUT2D eigenvalue weighted by molar-refractivity contribution is -0.138. The van der Waals surface area contributed by atoms with Crippen molar-refractivity contribution >= 4 is 45.9 Å². The average molecular weight is 402 g/mol. The van der Waals surface area contributed by atoms with E-state index in [0.29, 0.717) is 19.0 Å². The van der Waals surface area contributed by atoms with Gasteiger partial charge in [-0.05, 0) is 35.0 Å². The van der Waals surface area contributed by atoms with Gasteiger partial charge in [-0.15, -0.1) is 12.4 Å². The number of rotatable bonds is 7. The lowest BCUT2D eigenvalue weighted by atomic mass is 10.3. The van der Waals surface area contributed by atoms with Crippen LogP contribution < -0.4 is 5.32 Å². The van der Waals surface area contributed by atoms with Gasteiger partial charge < -0.3 is 10.4 Å². The van der Waals surface area contributed by atoms with Crippen LogP contribution in [-0.2, 0) is 9.59 Å². The van der Waals surface area contributed by atoms with Gasteiger partial charge in [0.15, 0.2) is 5.82 Å². The van der Waals surface area contributed by atoms with Crippen LogP contribution in [0.25, 0.3) is 0 Å². The first-order chi connectivity index (χ1) is 9.83. The van der Waals surface area contributed by atoms with Gasteiger partial charge in [0.05, 0.1) is 18.8 Å². The smallest absolute Gasteiger partial charge is 0.317 e. The molecule has 1 rings (SSSR count). The minimum atomic E-state index is -1.05. The zero-order chi connectivity index (χ0) is 16.0. The van der Waals surface area contributed by atoms with Gasteiger partial charge in [-0.3, -0.25) is 14.5 Å². The summed E-state index contributed by atoms with van der Waals surface area (Å²) >= 11 is 2.96. The molecule has 9 heteroatoms. The maximum atomic E-state index is 13.6. The van der Waals surface area contributed by atoms with E-state index < -0.39 is 23.5 Å². The predicted octanol–water partition coefficient (Wildman–Crippen LogP) is 2.88. The van der Waals surface area contributed by atoms with E-state index in [1.807, 2.05) is 6.92 Å². The van der Waals surface area contributed by atoms with Crippen molar-refractivity contribution in [3.8, 4) is 0 Å². The molecule has 0 atom stereocenters. The van der Waals surface area contributed by atoms with Gasteiger partial charge in [-0.2, -0.15) is 0 Å². The van der Waals surface area contributed by atoms with Gasteiger partial charge in [0.1, 0.15) is 5.82 Å². The van der Waals surface area contributed by atoms with Crippen molar-refractivity contribution in [2.75, 3.05) is 25.0 Å². The Morgan fingerprint density at radius 2 is 1.95 bits per heavy atom. The second-order valence-corrected chi connectivity index (χ2v) is 5.25. The van der Waals surface area contributed by atoms with E-state index in [9.17, 15) is 18.4 Å². The van der Waals surface area contributed by atoms with Gasteiger partial charge >= 0.3 is 5.97 Å². The molecule has 0 saturated carbocycles. The largest absolute Gasteiger partial charge is 0.480 e. The monoisotopic (exact) mass is 400 g/mol. The quantitative estimate of drug-likeness (QED) is 0.737. The highest BCUT2D eigenvalue weighted by Crippen LogP contribution is 2.26. The Balaban J connectivity index is 0.00000441. The number of aliphatic carboxylic acids is 1. The summed E-state index contributed by atoms with van der Waals surface area (Å²) in [7, 11) is 0. The molecule has 0 bridgehead atoms. The van der Waals surface area contributed by atoms with Gasteiger partial charge in [0.25, 0.3) is 0 Å². The Labute approximate surface area is 141 Å². The van der Waals surface area contributed by atoms with Crippen LogP contribution in [0.4, 0.5) is 14.5 Å². The summed E-state index contributed by atoms with van der Waals surface area (Å²) in [6.45, 7) is 1.80. The lowest BCUT2D eigenvalue weighted by Gasteiger charge is -2.19. The topological polar surface area (TPSA) is 69.6 Å². The summed E-state index contributed by atoms with van der Waals surface area (Å²) in [5.74, 6) is -3.30. The van der Waals surface area contributed by atoms with E-state index in [1.165, 1.54) is 4.90 Å². The standard InChI is InChI=1S/C13H15BrF2N2O3.ClH/c1-2-3-18(7-12(20)21)6-11(19)17-13-9(14)4-8(15)5-10(13)16;/h4-5H,2-3,6-7H2,1H3,(H,17,19)(H,20,21);1H. The summed E-state index contributed by atoms with van der Waals surface area (Å²) < 4.78 is 26.6. The number of carboxylic acids is 1. The maximum Gasteiger partial charge on any atom is 0.317 e. The number of nitrogens with one attached hydrogen (secondary N) is 1. The molecular weight excluding hydrogens is 386 g/mol. The lowest BCUT2D eigenvalue weighted by Crippen LogP contribution is -2.37. The number of halogens is 4. The molecule has 124 valence electrons. The van der Waals surface area contributed by atoms with E-state index in [-0.39, 0.29) is 35.7 Å². The number of benzene rings is 1. The second kappa shape index (κ2) is 9.70. The van der Waals surface area contributed by atoms with Gasteiger partial charge in [0, 0.05) is 10.5 Å². The van der Waals surface area contributed by atoms with Crippen molar-refractivity contribution < 1.29 is 23.5 Å². The van der Waals surface area contributed by atoms with Gasteiger partial charge in [0.2, 0.25) is 5.91 Å². The predicted molar refractivity (Wildman–Crippen MR) is 84.3 cm³/mol. The van der Waals surface area contributed by atoms with Crippen molar-refractivity contribution in [3.05, 3.63) is 28.2 Å². The van der Waals surface area contributed by atoms with Crippen LogP contribution in [0.15, 0.2) is 16.6 Å². The number of amides is 1. The van der Waals surface area contributed by atoms with Crippen LogP contribution in [0, 0.1) is 11.6 Å². The number of nitrogens with zero attached hydrogens (tertiary/aromatic N) is 1. The third kappa shape index (κ3) is 6.67. The molecule has 2 N–H and O–H groups in total. The molecule has 0 radical (unpaired) electrons. The fourth-order valence-corrected chi connectivity index (χ4v) is 2.27. The molecule has 1 aromatic carbocycles. The third-order valence-electron chi connectivity index (χ3n) is 2.54. The van der Waals surface area contributed by atoms with Crippen molar-refractivity contribution in [3.63, 3.8) is 0 Å². The number of hydrogen-bond donors (Lipinski definition) is 2. The number of carbonyl (C=O) groups is 2. The summed E-state index contributed by atoms with van der Waals surface area (Å²) in [5.41, 5.74) is -0.173. The SMILES string of the molecule is CCCN(CC(=O)O)CC(=O)Nc1c(F)cc(F)cc1Br.Cl. The summed E-state index contributed by atoms with van der Waals surface area (Å²) in [5, 5.41) is 11.1. The Morgan fingerprint density at radius 3 is 2.45 bits per heavy atom. The molecule has 0 unspecified atom stereocenters. The Morgan fingerprint density at radius 1 is 1.32 bits per heavy atom. The fourth-order valence-electron chi connectivity index (χ4n) is 1.77. The highest BCUT2D eigenvalue weighted by atomic mass is 79.9. The van der Waals surface area contributed by atoms with Crippen LogP contribution in [0.2, 0.25) is 0 Å². The van der Waals surface area contributed by atoms with Crippen LogP contribution in [0.3, 0.4) is 0 Å². The first-order valence-electron chi connectivity index (χ1n) is 6.22. The van der Waals surface area contributed by atoms with Gasteiger partial charge in [-0.1, -0.05) is 6.92 Å². The van der Waals surface area contributed by atoms with Crippen molar-refractivity contribution in [1.82, 2.24) is 4.90 Å². The molecule has 0 aliphatic carbocycles. The van der Waals surface area contributed by atoms with Crippen LogP contribution in [0.5, 0.6) is 0 Å². The molecular formula is C13H16BrClF2N2O3. The number of anilines is 1. The minimum absolute atomic E-state index is 0. The van der Waals surface area contributed by atoms with Crippen molar-refractivity contribution in [2.24, 2.45) is 0 Å². The van der Waals surface area contributed by atoms with Crippen LogP contribution >= 0.6 is 28.3 Å². The highest BCUT2D eigenvalue weighted by Gasteiger charge is 2.16. The molecule has 0 spiro atoms. The van der Waals surface area contributed by atoms with Crippen LogP contribution in [-0.4, -0.2) is 41.5 Å². The molecule has 0 aliphatic heterocycles. The van der Waals surface area contributed by atoms with E-state index in [2.05, 4.69) is 21.2 Å². The van der Waals surface area contributed by atoms with Gasteiger partial charge in [-0.25, -0.2) is 8.78 Å². The maximum absolute atomic E-state index is 13.6. The zero-order valence-electron chi connectivity index (χ0n) is 11.7. The average Bonchev–Trinajstić information content (AvgIpc) is 2.33. The third-order valence-corrected chi connectivity index (χ3v) is 3.16. The normalized spacial score (nSPS) is 10.2. The Kier molecular flexibility index (Phi) is 9.15. The molecule has 1 amide bonds. The van der Waals surface area contributed by atoms with Crippen molar-refractivity contribution in [1.29, 1.82) is 0 Å². The van der Waals surface area contributed by atoms with E-state index in [0.717, 1.165) is 6.07 Å². The molecule has 0 saturated heterocycles. The van der Waals surface area contributed by atoms with E-state index in [1.54, 1.807) is 0 Å². The first kappa shape index (κ1) is 20.8. The molecule has 5 nitrogen and oxygen atoms in total. The molecule has 0 aliphatic rings. The van der Waals surface area contributed by atoms with Crippen LogP contribution in [0.1, 0.15) is 13.3 Å². The highest BCUT2D eigenvalue weighted by molar-refractivity contribution is 9.10. The molecule has 22 heavy (non-hydrogen) atoms. The summed E-state index contributed by atoms with van der Waals surface area (Å²) in [6, 6.07) is 1.68. The van der Waals surface area contributed by atoms with E-state index in [4.69, 9.17) is 5.11 Å². The summed E-state index contributed by atoms with van der Waals surface area (Å²) in [4.78, 5) is 24.0. The first-order valence-corrected chi connectivity index (χ1v) is 7.01. The molecule has 0 heterocycles. The van der Waals surface area contributed by atoms with Crippen molar-refractivity contribution in [2.45, 2.75) is 13.3 Å². The number of carbonyl (C=O) groups excluding carboxylic acids is 1.